The third-order valence-electron chi connectivity index (χ3n) is 4.62. The van der Waals surface area contributed by atoms with Crippen LogP contribution >= 0.6 is 0 Å². The van der Waals surface area contributed by atoms with Crippen LogP contribution in [0, 0.1) is 17.6 Å². The fourth-order valence-corrected chi connectivity index (χ4v) is 3.30. The molecule has 2 aromatic rings. The summed E-state index contributed by atoms with van der Waals surface area (Å²) in [5.74, 6) is -0.845. The maximum absolute atomic E-state index is 14.3. The summed E-state index contributed by atoms with van der Waals surface area (Å²) in [5, 5.41) is 0. The second-order valence-corrected chi connectivity index (χ2v) is 6.59. The number of hydrogen-bond donors (Lipinski definition) is 0. The fraction of sp³-hybridized carbons (Fsp3) is 0.429. The first kappa shape index (κ1) is 19.0. The van der Waals surface area contributed by atoms with E-state index in [1.54, 1.807) is 0 Å². The Morgan fingerprint density at radius 3 is 2.35 bits per heavy atom. The van der Waals surface area contributed by atoms with Crippen LogP contribution in [0.3, 0.4) is 0 Å². The van der Waals surface area contributed by atoms with Gasteiger partial charge in [0.05, 0.1) is 19.8 Å². The van der Waals surface area contributed by atoms with E-state index in [1.807, 2.05) is 24.3 Å². The van der Waals surface area contributed by atoms with Crippen LogP contribution in [0.1, 0.15) is 37.2 Å². The Labute approximate surface area is 152 Å². The van der Waals surface area contributed by atoms with Gasteiger partial charge < -0.3 is 14.2 Å². The quantitative estimate of drug-likeness (QED) is 0.703. The zero-order valence-corrected chi connectivity index (χ0v) is 15.1. The van der Waals surface area contributed by atoms with Crippen molar-refractivity contribution in [1.82, 2.24) is 0 Å². The summed E-state index contributed by atoms with van der Waals surface area (Å²) in [4.78, 5) is 0. The van der Waals surface area contributed by atoms with Gasteiger partial charge in [0.1, 0.15) is 11.6 Å². The molecule has 1 saturated heterocycles. The van der Waals surface area contributed by atoms with Gasteiger partial charge in [-0.3, -0.25) is 0 Å². The fourth-order valence-electron chi connectivity index (χ4n) is 3.30. The first-order valence-electron chi connectivity index (χ1n) is 8.93. The number of rotatable bonds is 6. The molecule has 140 valence electrons. The highest BCUT2D eigenvalue weighted by Crippen LogP contribution is 2.35. The van der Waals surface area contributed by atoms with Crippen LogP contribution in [-0.4, -0.2) is 20.3 Å². The highest BCUT2D eigenvalue weighted by atomic mass is 19.1. The molecular weight excluding hydrogens is 338 g/mol. The van der Waals surface area contributed by atoms with E-state index in [4.69, 9.17) is 14.2 Å². The predicted molar refractivity (Wildman–Crippen MR) is 95.6 cm³/mol. The Balaban J connectivity index is 1.89. The van der Waals surface area contributed by atoms with Gasteiger partial charge in [-0.25, -0.2) is 8.78 Å². The van der Waals surface area contributed by atoms with Crippen LogP contribution < -0.4 is 0 Å². The van der Waals surface area contributed by atoms with Crippen molar-refractivity contribution >= 4 is 0 Å². The van der Waals surface area contributed by atoms with E-state index >= 15 is 0 Å². The summed E-state index contributed by atoms with van der Waals surface area (Å²) in [6, 6.07) is 10.1. The Kier molecular flexibility index (Phi) is 6.35. The normalized spacial score (nSPS) is 20.3. The second kappa shape index (κ2) is 8.71. The zero-order valence-electron chi connectivity index (χ0n) is 15.1. The van der Waals surface area contributed by atoms with Crippen LogP contribution in [0.15, 0.2) is 36.4 Å². The van der Waals surface area contributed by atoms with Crippen molar-refractivity contribution in [3.63, 3.8) is 0 Å². The molecule has 0 N–H and O–H groups in total. The Morgan fingerprint density at radius 2 is 1.73 bits per heavy atom. The maximum atomic E-state index is 14.3. The molecule has 0 unspecified atom stereocenters. The van der Waals surface area contributed by atoms with Crippen molar-refractivity contribution in [2.45, 2.75) is 32.7 Å². The first-order valence-corrected chi connectivity index (χ1v) is 8.93. The minimum Gasteiger partial charge on any atom is -0.380 e. The van der Waals surface area contributed by atoms with Gasteiger partial charge in [0.25, 0.3) is 0 Å². The summed E-state index contributed by atoms with van der Waals surface area (Å²) < 4.78 is 45.3. The minimum atomic E-state index is -0.620. The molecule has 0 aliphatic carbocycles. The number of benzene rings is 2. The van der Waals surface area contributed by atoms with Crippen LogP contribution in [0.4, 0.5) is 8.78 Å². The van der Waals surface area contributed by atoms with E-state index in [9.17, 15) is 8.78 Å². The summed E-state index contributed by atoms with van der Waals surface area (Å²) in [7, 11) is 1.41. The van der Waals surface area contributed by atoms with Gasteiger partial charge in [-0.2, -0.15) is 0 Å². The van der Waals surface area contributed by atoms with Gasteiger partial charge in [0.2, 0.25) is 0 Å². The van der Waals surface area contributed by atoms with E-state index in [0.29, 0.717) is 30.3 Å². The molecule has 3 nitrogen and oxygen atoms in total. The van der Waals surface area contributed by atoms with Gasteiger partial charge in [0, 0.05) is 24.2 Å². The topological polar surface area (TPSA) is 27.7 Å². The standard InChI is InChI=1S/C21H24F2O3/c1-3-6-14-11-25-21(26-12-14)17-8-5-4-7-16(17)15-9-19(22)18(13-24-2)20(23)10-15/h4-5,7-10,14,21H,3,6,11-13H2,1-2H3/t14-,21-. The number of ether oxygens (including phenoxy) is 3. The molecule has 1 aliphatic rings. The van der Waals surface area contributed by atoms with Crippen molar-refractivity contribution in [2.75, 3.05) is 20.3 Å². The Hall–Kier alpha value is -1.82. The molecule has 0 bridgehead atoms. The van der Waals surface area contributed by atoms with Crippen molar-refractivity contribution in [3.05, 3.63) is 59.2 Å². The van der Waals surface area contributed by atoms with Gasteiger partial charge in [0.15, 0.2) is 6.29 Å². The van der Waals surface area contributed by atoms with Crippen LogP contribution in [0.2, 0.25) is 0 Å². The van der Waals surface area contributed by atoms with Gasteiger partial charge in [-0.1, -0.05) is 37.6 Å². The SMILES string of the molecule is CCC[C@H]1CO[C@H](c2ccccc2-c2cc(F)c(COC)c(F)c2)OC1. The van der Waals surface area contributed by atoms with Crippen molar-refractivity contribution in [3.8, 4) is 11.1 Å². The molecular formula is C21H24F2O3. The molecule has 0 aromatic heterocycles. The number of hydrogen-bond acceptors (Lipinski definition) is 3. The molecule has 3 rings (SSSR count). The summed E-state index contributed by atoms with van der Waals surface area (Å²) in [6.45, 7) is 3.29. The van der Waals surface area contributed by atoms with E-state index in [0.717, 1.165) is 18.4 Å². The molecule has 5 heteroatoms. The molecule has 0 spiro atoms. The molecule has 0 radical (unpaired) electrons. The number of methoxy groups -OCH3 is 1. The molecule has 0 saturated carbocycles. The molecule has 1 aliphatic heterocycles. The Morgan fingerprint density at radius 1 is 1.08 bits per heavy atom. The van der Waals surface area contributed by atoms with E-state index < -0.39 is 17.9 Å². The highest BCUT2D eigenvalue weighted by molar-refractivity contribution is 5.68. The number of halogens is 2. The van der Waals surface area contributed by atoms with Gasteiger partial charge in [-0.15, -0.1) is 0 Å². The average Bonchev–Trinajstić information content (AvgIpc) is 2.65. The third-order valence-corrected chi connectivity index (χ3v) is 4.62. The molecule has 0 atom stereocenters. The Bertz CT molecular complexity index is 717. The van der Waals surface area contributed by atoms with Crippen LogP contribution in [-0.2, 0) is 20.8 Å². The third kappa shape index (κ3) is 4.11. The summed E-state index contributed by atoms with van der Waals surface area (Å²) in [5.41, 5.74) is 1.87. The van der Waals surface area contributed by atoms with Crippen LogP contribution in [0.5, 0.6) is 0 Å². The molecule has 1 heterocycles. The maximum Gasteiger partial charge on any atom is 0.184 e. The average molecular weight is 362 g/mol. The molecule has 0 amide bonds. The highest BCUT2D eigenvalue weighted by Gasteiger charge is 2.25. The van der Waals surface area contributed by atoms with Crippen LogP contribution in [0.25, 0.3) is 11.1 Å². The van der Waals surface area contributed by atoms with Crippen molar-refractivity contribution in [1.29, 1.82) is 0 Å². The lowest BCUT2D eigenvalue weighted by Gasteiger charge is -2.30. The second-order valence-electron chi connectivity index (χ2n) is 6.59. The largest absolute Gasteiger partial charge is 0.380 e. The monoisotopic (exact) mass is 362 g/mol. The summed E-state index contributed by atoms with van der Waals surface area (Å²) in [6.07, 6.45) is 1.63. The minimum absolute atomic E-state index is 0.0682. The van der Waals surface area contributed by atoms with Gasteiger partial charge >= 0.3 is 0 Å². The van der Waals surface area contributed by atoms with E-state index in [1.165, 1.54) is 19.2 Å². The lowest BCUT2D eigenvalue weighted by molar-refractivity contribution is -0.205. The van der Waals surface area contributed by atoms with Crippen molar-refractivity contribution < 1.29 is 23.0 Å². The molecule has 2 aromatic carbocycles. The molecule has 26 heavy (non-hydrogen) atoms. The first-order chi connectivity index (χ1) is 12.6. The van der Waals surface area contributed by atoms with E-state index in [2.05, 4.69) is 6.92 Å². The lowest BCUT2D eigenvalue weighted by atomic mass is 9.97. The zero-order chi connectivity index (χ0) is 18.5. The summed E-state index contributed by atoms with van der Waals surface area (Å²) >= 11 is 0. The smallest absolute Gasteiger partial charge is 0.184 e. The van der Waals surface area contributed by atoms with Crippen molar-refractivity contribution in [2.24, 2.45) is 5.92 Å². The molecule has 1 fully saturated rings. The lowest BCUT2D eigenvalue weighted by Crippen LogP contribution is -2.27. The predicted octanol–water partition coefficient (Wildman–Crippen LogP) is 5.24. The van der Waals surface area contributed by atoms with E-state index in [-0.39, 0.29) is 12.2 Å². The van der Waals surface area contributed by atoms with Gasteiger partial charge in [-0.05, 0) is 29.7 Å².